The van der Waals surface area contributed by atoms with E-state index in [1.807, 2.05) is 13.8 Å². The third-order valence-electron chi connectivity index (χ3n) is 3.89. The van der Waals surface area contributed by atoms with Gasteiger partial charge in [-0.05, 0) is 25.5 Å². The normalized spacial score (nSPS) is 19.1. The largest absolute Gasteiger partial charge is 0.383 e. The Bertz CT molecular complexity index is 746. The Morgan fingerprint density at radius 3 is 2.76 bits per heavy atom. The van der Waals surface area contributed by atoms with Gasteiger partial charge < -0.3 is 10.1 Å². The number of hydrogen-bond donors (Lipinski definition) is 2. The van der Waals surface area contributed by atoms with Crippen LogP contribution in [-0.4, -0.2) is 46.0 Å². The van der Waals surface area contributed by atoms with E-state index in [-0.39, 0.29) is 22.7 Å². The average molecular weight is 367 g/mol. The molecule has 0 aromatic heterocycles. The smallest absolute Gasteiger partial charge is 0.263 e. The Morgan fingerprint density at radius 1 is 1.36 bits per heavy atom. The molecule has 2 unspecified atom stereocenters. The number of benzene rings is 1. The van der Waals surface area contributed by atoms with E-state index in [0.717, 1.165) is 12.8 Å². The molecule has 0 saturated carbocycles. The summed E-state index contributed by atoms with van der Waals surface area (Å²) >= 11 is 0. The van der Waals surface area contributed by atoms with Gasteiger partial charge in [-0.2, -0.15) is 0 Å². The highest BCUT2D eigenvalue weighted by Crippen LogP contribution is 2.23. The van der Waals surface area contributed by atoms with Crippen LogP contribution in [0.2, 0.25) is 0 Å². The summed E-state index contributed by atoms with van der Waals surface area (Å²) in [6.07, 6.45) is 2.29. The number of nitrogens with zero attached hydrogens (tertiary/aromatic N) is 1. The second kappa shape index (κ2) is 8.44. The van der Waals surface area contributed by atoms with Gasteiger partial charge in [-0.15, -0.1) is 0 Å². The topological polar surface area (TPSA) is 96.9 Å². The van der Waals surface area contributed by atoms with Gasteiger partial charge in [0.15, 0.2) is 0 Å². The zero-order valence-electron chi connectivity index (χ0n) is 14.8. The Balaban J connectivity index is 2.27. The Labute approximate surface area is 148 Å². The number of carbonyl (C=O) groups is 1. The molecule has 138 valence electrons. The number of fused-ring (bicyclic) bond motifs is 1. The SMILES string of the molecule is CCCCC(N=C1NS(=O)(=O)c2ccccc21)C(=O)NC(C)COC. The van der Waals surface area contributed by atoms with Crippen molar-refractivity contribution in [3.63, 3.8) is 0 Å². The minimum atomic E-state index is -3.61. The number of amidine groups is 1. The van der Waals surface area contributed by atoms with Crippen molar-refractivity contribution in [1.82, 2.24) is 10.0 Å². The molecule has 8 heteroatoms. The van der Waals surface area contributed by atoms with E-state index in [1.54, 1.807) is 25.3 Å². The van der Waals surface area contributed by atoms with Crippen molar-refractivity contribution >= 4 is 21.8 Å². The van der Waals surface area contributed by atoms with Crippen LogP contribution in [0.25, 0.3) is 0 Å². The first-order valence-corrected chi connectivity index (χ1v) is 9.86. The maximum Gasteiger partial charge on any atom is 0.263 e. The molecule has 0 saturated heterocycles. The third kappa shape index (κ3) is 4.79. The van der Waals surface area contributed by atoms with Crippen molar-refractivity contribution in [1.29, 1.82) is 0 Å². The summed E-state index contributed by atoms with van der Waals surface area (Å²) < 4.78 is 31.8. The number of ether oxygens (including phenoxy) is 1. The van der Waals surface area contributed by atoms with E-state index in [1.165, 1.54) is 6.07 Å². The summed E-state index contributed by atoms with van der Waals surface area (Å²) in [7, 11) is -2.04. The fourth-order valence-electron chi connectivity index (χ4n) is 2.67. The van der Waals surface area contributed by atoms with Crippen LogP contribution in [0.3, 0.4) is 0 Å². The fourth-order valence-corrected chi connectivity index (χ4v) is 3.91. The Kier molecular flexibility index (Phi) is 6.55. The lowest BCUT2D eigenvalue weighted by atomic mass is 10.1. The molecule has 2 rings (SSSR count). The van der Waals surface area contributed by atoms with Crippen LogP contribution in [0.5, 0.6) is 0 Å². The second-order valence-corrected chi connectivity index (χ2v) is 7.75. The summed E-state index contributed by atoms with van der Waals surface area (Å²) in [6.45, 7) is 4.28. The Morgan fingerprint density at radius 2 is 2.08 bits per heavy atom. The molecule has 2 atom stereocenters. The summed E-state index contributed by atoms with van der Waals surface area (Å²) in [6, 6.07) is 5.83. The number of rotatable bonds is 8. The van der Waals surface area contributed by atoms with E-state index in [0.29, 0.717) is 18.6 Å². The highest BCUT2D eigenvalue weighted by Gasteiger charge is 2.31. The number of unbranched alkanes of at least 4 members (excludes halogenated alkanes) is 1. The molecule has 2 N–H and O–H groups in total. The molecule has 0 spiro atoms. The highest BCUT2D eigenvalue weighted by atomic mass is 32.2. The highest BCUT2D eigenvalue weighted by molar-refractivity contribution is 7.90. The molecule has 25 heavy (non-hydrogen) atoms. The van der Waals surface area contributed by atoms with Gasteiger partial charge in [0.1, 0.15) is 11.9 Å². The van der Waals surface area contributed by atoms with Crippen LogP contribution < -0.4 is 10.0 Å². The first-order valence-electron chi connectivity index (χ1n) is 8.38. The number of amides is 1. The average Bonchev–Trinajstić information content (AvgIpc) is 2.82. The quantitative estimate of drug-likeness (QED) is 0.726. The first-order chi connectivity index (χ1) is 11.9. The van der Waals surface area contributed by atoms with Crippen molar-refractivity contribution in [3.05, 3.63) is 29.8 Å². The van der Waals surface area contributed by atoms with Gasteiger partial charge in [-0.1, -0.05) is 31.9 Å². The minimum absolute atomic E-state index is 0.144. The van der Waals surface area contributed by atoms with Gasteiger partial charge in [0.05, 0.1) is 11.5 Å². The molecule has 1 aromatic rings. The molecule has 1 aromatic carbocycles. The molecular weight excluding hydrogens is 342 g/mol. The zero-order chi connectivity index (χ0) is 18.4. The zero-order valence-corrected chi connectivity index (χ0v) is 15.6. The van der Waals surface area contributed by atoms with Gasteiger partial charge in [0.25, 0.3) is 10.0 Å². The van der Waals surface area contributed by atoms with Crippen LogP contribution >= 0.6 is 0 Å². The molecule has 1 aliphatic heterocycles. The van der Waals surface area contributed by atoms with Crippen molar-refractivity contribution in [2.45, 2.75) is 50.1 Å². The molecule has 1 amide bonds. The van der Waals surface area contributed by atoms with Crippen LogP contribution in [0.15, 0.2) is 34.2 Å². The molecule has 0 aliphatic carbocycles. The molecule has 0 fully saturated rings. The van der Waals surface area contributed by atoms with Crippen LogP contribution in [0.1, 0.15) is 38.7 Å². The number of carbonyl (C=O) groups excluding carboxylic acids is 1. The number of aliphatic imine (C=N–C) groups is 1. The van der Waals surface area contributed by atoms with Gasteiger partial charge in [0, 0.05) is 18.7 Å². The van der Waals surface area contributed by atoms with E-state index in [9.17, 15) is 13.2 Å². The number of hydrogen-bond acceptors (Lipinski definition) is 5. The maximum atomic E-state index is 12.5. The Hall–Kier alpha value is -1.93. The predicted octanol–water partition coefficient (Wildman–Crippen LogP) is 1.44. The van der Waals surface area contributed by atoms with Gasteiger partial charge >= 0.3 is 0 Å². The van der Waals surface area contributed by atoms with Crippen molar-refractivity contribution in [3.8, 4) is 0 Å². The molecular formula is C17H25N3O4S. The second-order valence-electron chi connectivity index (χ2n) is 6.10. The number of sulfonamides is 1. The van der Waals surface area contributed by atoms with E-state index in [4.69, 9.17) is 4.74 Å². The third-order valence-corrected chi connectivity index (χ3v) is 5.28. The van der Waals surface area contributed by atoms with Crippen LogP contribution in [0, 0.1) is 0 Å². The predicted molar refractivity (Wildman–Crippen MR) is 96.1 cm³/mol. The molecule has 0 bridgehead atoms. The molecule has 7 nitrogen and oxygen atoms in total. The molecule has 1 aliphatic rings. The van der Waals surface area contributed by atoms with Gasteiger partial charge in [-0.3, -0.25) is 14.5 Å². The number of methoxy groups -OCH3 is 1. The molecule has 0 radical (unpaired) electrons. The van der Waals surface area contributed by atoms with Crippen molar-refractivity contribution < 1.29 is 17.9 Å². The number of nitrogens with one attached hydrogen (secondary N) is 2. The lowest BCUT2D eigenvalue weighted by Crippen LogP contribution is -2.42. The van der Waals surface area contributed by atoms with Gasteiger partial charge in [0.2, 0.25) is 5.91 Å². The van der Waals surface area contributed by atoms with E-state index >= 15 is 0 Å². The summed E-state index contributed by atoms with van der Waals surface area (Å²) in [5, 5.41) is 2.86. The molecule has 1 heterocycles. The lowest BCUT2D eigenvalue weighted by Gasteiger charge is -2.17. The van der Waals surface area contributed by atoms with Gasteiger partial charge in [-0.25, -0.2) is 8.42 Å². The lowest BCUT2D eigenvalue weighted by molar-refractivity contribution is -0.123. The van der Waals surface area contributed by atoms with Crippen molar-refractivity contribution in [2.24, 2.45) is 4.99 Å². The van der Waals surface area contributed by atoms with Crippen molar-refractivity contribution in [2.75, 3.05) is 13.7 Å². The van der Waals surface area contributed by atoms with E-state index in [2.05, 4.69) is 15.0 Å². The fraction of sp³-hybridized carbons (Fsp3) is 0.529. The summed E-state index contributed by atoms with van der Waals surface area (Å²) in [5.41, 5.74) is 0.502. The monoisotopic (exact) mass is 367 g/mol. The minimum Gasteiger partial charge on any atom is -0.383 e. The maximum absolute atomic E-state index is 12.5. The first kappa shape index (κ1) is 19.4. The standard InChI is InChI=1S/C17H25N3O4S/c1-4-5-9-14(17(21)18-12(2)11-24-3)19-16-13-8-6-7-10-15(13)25(22,23)20-16/h6-8,10,12,14H,4-5,9,11H2,1-3H3,(H,18,21)(H,19,20). The van der Waals surface area contributed by atoms with Crippen LogP contribution in [-0.2, 0) is 19.6 Å². The van der Waals surface area contributed by atoms with E-state index < -0.39 is 16.1 Å². The summed E-state index contributed by atoms with van der Waals surface area (Å²) in [4.78, 5) is 17.2. The summed E-state index contributed by atoms with van der Waals surface area (Å²) in [5.74, 6) is 0.000303. The van der Waals surface area contributed by atoms with Crippen LogP contribution in [0.4, 0.5) is 0 Å².